The van der Waals surface area contributed by atoms with Gasteiger partial charge in [0.05, 0.1) is 0 Å². The minimum atomic E-state index is -2.59. The van der Waals surface area contributed by atoms with Crippen molar-refractivity contribution in [3.05, 3.63) is 30.3 Å². The van der Waals surface area contributed by atoms with Crippen LogP contribution in [0.4, 0.5) is 10.5 Å². The lowest BCUT2D eigenvalue weighted by atomic mass is 10.3. The van der Waals surface area contributed by atoms with Crippen LogP contribution in [0.15, 0.2) is 30.3 Å². The molecule has 0 radical (unpaired) electrons. The van der Waals surface area contributed by atoms with Crippen LogP contribution in [0.25, 0.3) is 0 Å². The zero-order chi connectivity index (χ0) is 17.0. The van der Waals surface area contributed by atoms with Crippen molar-refractivity contribution >= 4 is 31.5 Å². The van der Waals surface area contributed by atoms with Gasteiger partial charge < -0.3 is 18.6 Å². The molecule has 0 aliphatic heterocycles. The second-order valence-electron chi connectivity index (χ2n) is 4.71. The molecule has 0 saturated carbocycles. The number of thioether (sulfide) groups is 1. The van der Waals surface area contributed by atoms with Gasteiger partial charge in [0.25, 0.3) is 5.24 Å². The molecule has 0 bridgehead atoms. The number of benzene rings is 1. The number of rotatable bonds is 11. The van der Waals surface area contributed by atoms with Gasteiger partial charge in [-0.2, -0.15) is 0 Å². The molecule has 0 spiro atoms. The Labute approximate surface area is 144 Å². The molecule has 1 rings (SSSR count). The monoisotopic (exact) mass is 357 g/mol. The molecule has 130 valence electrons. The largest absolute Gasteiger partial charge is 0.500 e. The van der Waals surface area contributed by atoms with Crippen LogP contribution < -0.4 is 5.32 Å². The molecular formula is C16H27NO4SSi. The lowest BCUT2D eigenvalue weighted by Crippen LogP contribution is -2.46. The van der Waals surface area contributed by atoms with E-state index in [9.17, 15) is 4.79 Å². The highest BCUT2D eigenvalue weighted by Crippen LogP contribution is 2.20. The number of carbonyl (C=O) groups is 1. The van der Waals surface area contributed by atoms with Crippen molar-refractivity contribution in [2.75, 3.05) is 30.9 Å². The summed E-state index contributed by atoms with van der Waals surface area (Å²) >= 11 is 1.27. The van der Waals surface area contributed by atoms with E-state index >= 15 is 0 Å². The fraction of sp³-hybridized carbons (Fsp3) is 0.562. The second-order valence-corrected chi connectivity index (χ2v) is 8.51. The molecule has 0 heterocycles. The topological polar surface area (TPSA) is 56.8 Å². The van der Waals surface area contributed by atoms with Crippen molar-refractivity contribution in [1.82, 2.24) is 0 Å². The Balaban J connectivity index is 2.36. The number of carbonyl (C=O) groups excluding carboxylic acids is 1. The molecule has 1 aromatic rings. The molecule has 0 aliphatic carbocycles. The van der Waals surface area contributed by atoms with E-state index in [1.807, 2.05) is 51.1 Å². The molecule has 23 heavy (non-hydrogen) atoms. The van der Waals surface area contributed by atoms with Crippen LogP contribution >= 0.6 is 11.8 Å². The summed E-state index contributed by atoms with van der Waals surface area (Å²) in [5, 5.41) is 2.81. The molecule has 0 aliphatic rings. The first-order chi connectivity index (χ1) is 11.2. The Bertz CT molecular complexity index is 430. The predicted molar refractivity (Wildman–Crippen MR) is 98.0 cm³/mol. The molecule has 0 atom stereocenters. The third-order valence-corrected chi connectivity index (χ3v) is 6.98. The van der Waals surface area contributed by atoms with Gasteiger partial charge in [-0.05, 0) is 39.3 Å². The summed E-state index contributed by atoms with van der Waals surface area (Å²) in [5.74, 6) is 0.709. The van der Waals surface area contributed by atoms with Crippen LogP contribution in [0.2, 0.25) is 6.04 Å². The number of amides is 1. The van der Waals surface area contributed by atoms with Gasteiger partial charge in [0.15, 0.2) is 0 Å². The smallest absolute Gasteiger partial charge is 0.374 e. The summed E-state index contributed by atoms with van der Waals surface area (Å²) in [6.07, 6.45) is 0.819. The first kappa shape index (κ1) is 20.2. The van der Waals surface area contributed by atoms with E-state index in [2.05, 4.69) is 5.32 Å². The number of nitrogens with one attached hydrogen (secondary N) is 1. The average molecular weight is 358 g/mol. The molecule has 1 amide bonds. The van der Waals surface area contributed by atoms with E-state index in [-0.39, 0.29) is 5.24 Å². The Morgan fingerprint density at radius 3 is 2.13 bits per heavy atom. The van der Waals surface area contributed by atoms with Gasteiger partial charge >= 0.3 is 8.80 Å². The van der Waals surface area contributed by atoms with Crippen LogP contribution in [0.5, 0.6) is 0 Å². The third kappa shape index (κ3) is 7.98. The molecule has 0 aromatic heterocycles. The van der Waals surface area contributed by atoms with Gasteiger partial charge in [-0.15, -0.1) is 0 Å². The van der Waals surface area contributed by atoms with Gasteiger partial charge in [-0.25, -0.2) is 0 Å². The molecule has 7 heteroatoms. The van der Waals surface area contributed by atoms with Crippen LogP contribution in [-0.2, 0) is 13.3 Å². The van der Waals surface area contributed by atoms with Crippen molar-refractivity contribution in [2.24, 2.45) is 0 Å². The van der Waals surface area contributed by atoms with Crippen molar-refractivity contribution < 1.29 is 18.1 Å². The molecular weight excluding hydrogens is 330 g/mol. The highest BCUT2D eigenvalue weighted by atomic mass is 32.2. The summed E-state index contributed by atoms with van der Waals surface area (Å²) in [6, 6.07) is 10.2. The van der Waals surface area contributed by atoms with Crippen LogP contribution in [-0.4, -0.2) is 39.6 Å². The SMILES string of the molecule is CCO[Si](CCCSC(=O)Nc1ccccc1)(OCC)OCC. The minimum absolute atomic E-state index is 0.0484. The van der Waals surface area contributed by atoms with E-state index in [4.69, 9.17) is 13.3 Å². The lowest BCUT2D eigenvalue weighted by molar-refractivity contribution is 0.0712. The normalized spacial score (nSPS) is 11.4. The maximum Gasteiger partial charge on any atom is 0.500 e. The van der Waals surface area contributed by atoms with Crippen molar-refractivity contribution in [1.29, 1.82) is 0 Å². The average Bonchev–Trinajstić information content (AvgIpc) is 2.53. The quantitative estimate of drug-likeness (QED) is 0.470. The van der Waals surface area contributed by atoms with E-state index < -0.39 is 8.80 Å². The summed E-state index contributed by atoms with van der Waals surface area (Å²) in [7, 11) is -2.59. The minimum Gasteiger partial charge on any atom is -0.374 e. The molecule has 1 aromatic carbocycles. The van der Waals surface area contributed by atoms with Crippen molar-refractivity contribution in [2.45, 2.75) is 33.2 Å². The highest BCUT2D eigenvalue weighted by Gasteiger charge is 2.39. The Morgan fingerprint density at radius 2 is 1.61 bits per heavy atom. The maximum absolute atomic E-state index is 11.9. The van der Waals surface area contributed by atoms with E-state index in [1.165, 1.54) is 11.8 Å². The fourth-order valence-electron chi connectivity index (χ4n) is 2.13. The molecule has 0 fully saturated rings. The Kier molecular flexibility index (Phi) is 10.2. The van der Waals surface area contributed by atoms with Gasteiger partial charge in [0.2, 0.25) is 0 Å². The zero-order valence-corrected chi connectivity index (χ0v) is 16.0. The van der Waals surface area contributed by atoms with Gasteiger partial charge in [0, 0.05) is 37.3 Å². The predicted octanol–water partition coefficient (Wildman–Crippen LogP) is 4.39. The molecule has 1 N–H and O–H groups in total. The first-order valence-corrected chi connectivity index (χ1v) is 11.0. The number of hydrogen-bond donors (Lipinski definition) is 1. The number of hydrogen-bond acceptors (Lipinski definition) is 5. The Hall–Kier alpha value is -0.863. The third-order valence-electron chi connectivity index (χ3n) is 2.97. The van der Waals surface area contributed by atoms with E-state index in [0.29, 0.717) is 25.6 Å². The summed E-state index contributed by atoms with van der Waals surface area (Å²) < 4.78 is 17.4. The van der Waals surface area contributed by atoms with Crippen LogP contribution in [0.3, 0.4) is 0 Å². The molecule has 0 unspecified atom stereocenters. The van der Waals surface area contributed by atoms with Crippen molar-refractivity contribution in [3.8, 4) is 0 Å². The second kappa shape index (κ2) is 11.6. The van der Waals surface area contributed by atoms with E-state index in [1.54, 1.807) is 0 Å². The summed E-state index contributed by atoms with van der Waals surface area (Å²) in [6.45, 7) is 7.57. The summed E-state index contributed by atoms with van der Waals surface area (Å²) in [5.41, 5.74) is 0.812. The first-order valence-electron chi connectivity index (χ1n) is 8.06. The van der Waals surface area contributed by atoms with Crippen molar-refractivity contribution in [3.63, 3.8) is 0 Å². The maximum atomic E-state index is 11.9. The van der Waals surface area contributed by atoms with Crippen LogP contribution in [0.1, 0.15) is 27.2 Å². The van der Waals surface area contributed by atoms with Gasteiger partial charge in [-0.1, -0.05) is 30.0 Å². The zero-order valence-electron chi connectivity index (χ0n) is 14.2. The lowest BCUT2D eigenvalue weighted by Gasteiger charge is -2.28. The number of para-hydroxylation sites is 1. The van der Waals surface area contributed by atoms with Gasteiger partial charge in [0.1, 0.15) is 0 Å². The highest BCUT2D eigenvalue weighted by molar-refractivity contribution is 8.13. The fourth-order valence-corrected chi connectivity index (χ4v) is 5.66. The van der Waals surface area contributed by atoms with E-state index in [0.717, 1.165) is 18.2 Å². The molecule has 5 nitrogen and oxygen atoms in total. The summed E-state index contributed by atoms with van der Waals surface area (Å²) in [4.78, 5) is 11.9. The molecule has 0 saturated heterocycles. The standard InChI is InChI=1S/C16H27NO4SSi/c1-4-19-23(20-5-2,21-6-3)14-10-13-22-16(18)17-15-11-8-7-9-12-15/h7-9,11-12H,4-6,10,13-14H2,1-3H3,(H,17,18). The van der Waals surface area contributed by atoms with Crippen LogP contribution in [0, 0.1) is 0 Å². The Morgan fingerprint density at radius 1 is 1.04 bits per heavy atom. The van der Waals surface area contributed by atoms with Gasteiger partial charge in [-0.3, -0.25) is 4.79 Å². The number of anilines is 1.